The summed E-state index contributed by atoms with van der Waals surface area (Å²) in [4.78, 5) is 16.5. The van der Waals surface area contributed by atoms with Gasteiger partial charge in [-0.25, -0.2) is 4.39 Å². The number of guanidine groups is 1. The largest absolute Gasteiger partial charge is 0.351 e. The van der Waals surface area contributed by atoms with Crippen LogP contribution in [0.15, 0.2) is 53.5 Å². The minimum Gasteiger partial charge on any atom is -0.351 e. The molecule has 0 fully saturated rings. The molecule has 6 nitrogen and oxygen atoms in total. The number of carbonyl (C=O) groups excluding carboxylic acids is 1. The van der Waals surface area contributed by atoms with Gasteiger partial charge in [-0.15, -0.1) is 0 Å². The van der Waals surface area contributed by atoms with E-state index < -0.39 is 17.9 Å². The lowest BCUT2D eigenvalue weighted by molar-refractivity contribution is 0.100. The topological polar surface area (TPSA) is 106 Å². The summed E-state index contributed by atoms with van der Waals surface area (Å²) < 4.78 is 13.1. The van der Waals surface area contributed by atoms with Crippen LogP contribution in [0.25, 0.3) is 0 Å². The van der Waals surface area contributed by atoms with E-state index in [9.17, 15) is 9.18 Å². The Hall–Kier alpha value is -2.48. The van der Waals surface area contributed by atoms with Crippen molar-refractivity contribution in [3.63, 3.8) is 0 Å². The number of nitrogens with one attached hydrogen (secondary N) is 2. The van der Waals surface area contributed by atoms with Crippen LogP contribution in [0, 0.1) is 5.82 Å². The van der Waals surface area contributed by atoms with Crippen LogP contribution in [0.3, 0.4) is 0 Å². The SMILES string of the molecule is CC(C)(C)N/C(=N/C(=O)c1ccc(F)cc1)NC(N)CC(N)c1cccc(Cl)c1. The number of nitrogens with zero attached hydrogens (tertiary/aromatic N) is 1. The molecule has 156 valence electrons. The van der Waals surface area contributed by atoms with Gasteiger partial charge in [0.25, 0.3) is 5.91 Å². The number of halogens is 2. The molecule has 0 spiro atoms. The quantitative estimate of drug-likeness (QED) is 0.338. The van der Waals surface area contributed by atoms with E-state index in [0.717, 1.165) is 5.56 Å². The highest BCUT2D eigenvalue weighted by atomic mass is 35.5. The van der Waals surface area contributed by atoms with Crippen LogP contribution in [-0.2, 0) is 0 Å². The van der Waals surface area contributed by atoms with Gasteiger partial charge < -0.3 is 22.1 Å². The highest BCUT2D eigenvalue weighted by Crippen LogP contribution is 2.19. The lowest BCUT2D eigenvalue weighted by Gasteiger charge is -2.27. The van der Waals surface area contributed by atoms with Gasteiger partial charge in [-0.2, -0.15) is 4.99 Å². The fourth-order valence-corrected chi connectivity index (χ4v) is 2.79. The number of rotatable bonds is 5. The Balaban J connectivity index is 2.12. The Labute approximate surface area is 175 Å². The number of carbonyl (C=O) groups is 1. The number of benzene rings is 2. The van der Waals surface area contributed by atoms with Crippen LogP contribution in [-0.4, -0.2) is 23.6 Å². The third-order valence-electron chi connectivity index (χ3n) is 3.90. The van der Waals surface area contributed by atoms with E-state index in [0.29, 0.717) is 11.4 Å². The molecule has 1 amide bonds. The molecule has 6 N–H and O–H groups in total. The highest BCUT2D eigenvalue weighted by Gasteiger charge is 2.18. The molecule has 0 saturated heterocycles. The Kier molecular flexibility index (Phi) is 7.73. The van der Waals surface area contributed by atoms with Crippen molar-refractivity contribution in [1.82, 2.24) is 10.6 Å². The smallest absolute Gasteiger partial charge is 0.280 e. The minimum absolute atomic E-state index is 0.220. The highest BCUT2D eigenvalue weighted by molar-refractivity contribution is 6.30. The average molecular weight is 420 g/mol. The minimum atomic E-state index is -0.571. The average Bonchev–Trinajstić information content (AvgIpc) is 2.60. The van der Waals surface area contributed by atoms with Crippen LogP contribution in [0.2, 0.25) is 5.02 Å². The maximum Gasteiger partial charge on any atom is 0.280 e. The molecule has 0 heterocycles. The van der Waals surface area contributed by atoms with Crippen molar-refractivity contribution in [2.45, 2.75) is 44.9 Å². The molecule has 0 aliphatic heterocycles. The maximum absolute atomic E-state index is 13.1. The zero-order valence-corrected chi connectivity index (χ0v) is 17.5. The Bertz CT molecular complexity index is 864. The number of amides is 1. The van der Waals surface area contributed by atoms with Crippen LogP contribution >= 0.6 is 11.6 Å². The first-order valence-electron chi connectivity index (χ1n) is 9.23. The van der Waals surface area contributed by atoms with Gasteiger partial charge in [0.1, 0.15) is 5.82 Å². The van der Waals surface area contributed by atoms with E-state index in [-0.39, 0.29) is 23.1 Å². The van der Waals surface area contributed by atoms with Gasteiger partial charge >= 0.3 is 0 Å². The molecule has 0 bridgehead atoms. The van der Waals surface area contributed by atoms with E-state index in [1.165, 1.54) is 24.3 Å². The van der Waals surface area contributed by atoms with Crippen LogP contribution < -0.4 is 22.1 Å². The van der Waals surface area contributed by atoms with E-state index in [2.05, 4.69) is 15.6 Å². The second-order valence-corrected chi connectivity index (χ2v) is 8.23. The first-order chi connectivity index (χ1) is 13.5. The molecule has 0 radical (unpaired) electrons. The van der Waals surface area contributed by atoms with E-state index in [4.69, 9.17) is 23.1 Å². The molecular formula is C21H27ClFN5O. The van der Waals surface area contributed by atoms with Gasteiger partial charge in [-0.1, -0.05) is 23.7 Å². The second kappa shape index (κ2) is 9.82. The third-order valence-corrected chi connectivity index (χ3v) is 4.14. The third kappa shape index (κ3) is 7.81. The molecule has 0 aliphatic rings. The molecule has 2 aromatic rings. The standard InChI is InChI=1S/C21H27ClFN5O/c1-21(2,3)28-20(27-19(29)13-7-9-16(23)10-8-13)26-18(25)12-17(24)14-5-4-6-15(22)11-14/h4-11,17-18H,12,24-25H2,1-3H3,(H2,26,27,28,29). The number of nitrogens with two attached hydrogens (primary N) is 2. The van der Waals surface area contributed by atoms with Gasteiger partial charge in [0, 0.05) is 22.2 Å². The van der Waals surface area contributed by atoms with Crippen molar-refractivity contribution in [3.8, 4) is 0 Å². The summed E-state index contributed by atoms with van der Waals surface area (Å²) in [6.07, 6.45) is -0.186. The molecule has 2 atom stereocenters. The number of aliphatic imine (C=N–C) groups is 1. The number of hydrogen-bond acceptors (Lipinski definition) is 3. The summed E-state index contributed by atoms with van der Waals surface area (Å²) in [5.74, 6) is -0.720. The molecule has 2 rings (SSSR count). The Morgan fingerprint density at radius 2 is 1.83 bits per heavy atom. The summed E-state index contributed by atoms with van der Waals surface area (Å²) in [6.45, 7) is 5.78. The molecule has 2 aromatic carbocycles. The van der Waals surface area contributed by atoms with Crippen molar-refractivity contribution in [2.24, 2.45) is 16.5 Å². The maximum atomic E-state index is 13.1. The molecular weight excluding hydrogens is 393 g/mol. The van der Waals surface area contributed by atoms with Crippen molar-refractivity contribution in [3.05, 3.63) is 70.5 Å². The fraction of sp³-hybridized carbons (Fsp3) is 0.333. The van der Waals surface area contributed by atoms with Crippen LogP contribution in [0.5, 0.6) is 0 Å². The van der Waals surface area contributed by atoms with Crippen LogP contribution in [0.4, 0.5) is 4.39 Å². The molecule has 29 heavy (non-hydrogen) atoms. The second-order valence-electron chi connectivity index (χ2n) is 7.80. The summed E-state index contributed by atoms with van der Waals surface area (Å²) in [5.41, 5.74) is 13.2. The first kappa shape index (κ1) is 22.8. The lowest BCUT2D eigenvalue weighted by Crippen LogP contribution is -2.54. The Morgan fingerprint density at radius 3 is 2.41 bits per heavy atom. The molecule has 8 heteroatoms. The van der Waals surface area contributed by atoms with Crippen molar-refractivity contribution in [1.29, 1.82) is 0 Å². The predicted octanol–water partition coefficient (Wildman–Crippen LogP) is 3.33. The number of hydrogen-bond donors (Lipinski definition) is 4. The zero-order valence-electron chi connectivity index (χ0n) is 16.7. The normalized spacial score (nSPS) is 14.2. The molecule has 0 aliphatic carbocycles. The monoisotopic (exact) mass is 419 g/mol. The van der Waals surface area contributed by atoms with E-state index >= 15 is 0 Å². The summed E-state index contributed by atoms with van der Waals surface area (Å²) in [5, 5.41) is 6.73. The molecule has 0 aromatic heterocycles. The van der Waals surface area contributed by atoms with Crippen LogP contribution in [0.1, 0.15) is 49.2 Å². The Morgan fingerprint density at radius 1 is 1.17 bits per heavy atom. The van der Waals surface area contributed by atoms with Crippen molar-refractivity contribution < 1.29 is 9.18 Å². The molecule has 0 saturated carbocycles. The van der Waals surface area contributed by atoms with Gasteiger partial charge in [-0.05, 0) is 69.2 Å². The van der Waals surface area contributed by atoms with Crippen molar-refractivity contribution >= 4 is 23.5 Å². The van der Waals surface area contributed by atoms with E-state index in [1.54, 1.807) is 12.1 Å². The summed E-state index contributed by atoms with van der Waals surface area (Å²) in [6, 6.07) is 12.1. The lowest BCUT2D eigenvalue weighted by atomic mass is 10.0. The van der Waals surface area contributed by atoms with E-state index in [1.807, 2.05) is 32.9 Å². The molecule has 2 unspecified atom stereocenters. The van der Waals surface area contributed by atoms with Crippen molar-refractivity contribution in [2.75, 3.05) is 0 Å². The summed E-state index contributed by atoms with van der Waals surface area (Å²) in [7, 11) is 0. The van der Waals surface area contributed by atoms with Gasteiger partial charge in [0.15, 0.2) is 0 Å². The first-order valence-corrected chi connectivity index (χ1v) is 9.61. The van der Waals surface area contributed by atoms with Gasteiger partial charge in [0.05, 0.1) is 6.17 Å². The van der Waals surface area contributed by atoms with Gasteiger partial charge in [-0.3, -0.25) is 4.79 Å². The predicted molar refractivity (Wildman–Crippen MR) is 115 cm³/mol. The zero-order chi connectivity index (χ0) is 21.6. The fourth-order valence-electron chi connectivity index (χ4n) is 2.59. The van der Waals surface area contributed by atoms with Gasteiger partial charge in [0.2, 0.25) is 5.96 Å². The summed E-state index contributed by atoms with van der Waals surface area (Å²) >= 11 is 6.02.